The number of rotatable bonds is 7. The zero-order valence-corrected chi connectivity index (χ0v) is 15.1. The van der Waals surface area contributed by atoms with Crippen molar-refractivity contribution in [3.05, 3.63) is 29.8 Å². The number of hydrogen-bond donors (Lipinski definition) is 1. The number of piperazine rings is 1. The monoisotopic (exact) mass is 359 g/mol. The van der Waals surface area contributed by atoms with Crippen molar-refractivity contribution < 1.29 is 19.1 Å². The minimum atomic E-state index is -0.886. The van der Waals surface area contributed by atoms with Crippen molar-refractivity contribution in [3.63, 3.8) is 0 Å². The quantitative estimate of drug-likeness (QED) is 0.566. The van der Waals surface area contributed by atoms with Gasteiger partial charge in [0.15, 0.2) is 0 Å². The molecule has 0 spiro atoms. The van der Waals surface area contributed by atoms with Crippen LogP contribution in [0.1, 0.15) is 18.4 Å². The Morgan fingerprint density at radius 3 is 2.35 bits per heavy atom. The van der Waals surface area contributed by atoms with Gasteiger partial charge in [-0.2, -0.15) is 0 Å². The third-order valence-electron chi connectivity index (χ3n) is 5.20. The fourth-order valence-electron chi connectivity index (χ4n) is 3.28. The Morgan fingerprint density at radius 2 is 1.81 bits per heavy atom. The summed E-state index contributed by atoms with van der Waals surface area (Å²) in [5.41, 5.74) is 0.218. The van der Waals surface area contributed by atoms with Gasteiger partial charge in [0.2, 0.25) is 18.2 Å². The van der Waals surface area contributed by atoms with Crippen LogP contribution in [0.2, 0.25) is 0 Å². The highest BCUT2D eigenvalue weighted by Gasteiger charge is 2.57. The summed E-state index contributed by atoms with van der Waals surface area (Å²) in [6.07, 6.45) is 2.72. The van der Waals surface area contributed by atoms with E-state index in [-0.39, 0.29) is 11.8 Å². The van der Waals surface area contributed by atoms with Crippen LogP contribution in [-0.2, 0) is 20.8 Å². The number of ether oxygens (including phenoxy) is 1. The van der Waals surface area contributed by atoms with Gasteiger partial charge in [-0.05, 0) is 37.0 Å². The zero-order chi connectivity index (χ0) is 18.6. The Kier molecular flexibility index (Phi) is 5.44. The van der Waals surface area contributed by atoms with Crippen LogP contribution in [-0.4, -0.2) is 67.9 Å². The molecule has 2 aliphatic rings. The molecule has 2 fully saturated rings. The van der Waals surface area contributed by atoms with E-state index < -0.39 is 5.41 Å². The molecule has 1 N–H and O–H groups in total. The predicted molar refractivity (Wildman–Crippen MR) is 95.6 cm³/mol. The molecule has 1 aromatic rings. The van der Waals surface area contributed by atoms with Crippen molar-refractivity contribution in [2.75, 3.05) is 39.8 Å². The molecule has 3 rings (SSSR count). The van der Waals surface area contributed by atoms with E-state index in [4.69, 9.17) is 4.74 Å². The Morgan fingerprint density at radius 1 is 1.15 bits per heavy atom. The van der Waals surface area contributed by atoms with E-state index in [1.165, 1.54) is 0 Å². The Hall–Kier alpha value is -2.57. The number of carbonyl (C=O) groups excluding carboxylic acids is 3. The molecule has 0 unspecified atom stereocenters. The fraction of sp³-hybridized carbons (Fsp3) is 0.526. The molecule has 0 aromatic heterocycles. The SMILES string of the molecule is COc1ccc(CCNC(=O)C2(C(=O)N3CCN(C=O)CC3)CC2)cc1. The van der Waals surface area contributed by atoms with Crippen LogP contribution < -0.4 is 10.1 Å². The summed E-state index contributed by atoms with van der Waals surface area (Å²) in [6.45, 7) is 2.56. The second kappa shape index (κ2) is 7.76. The van der Waals surface area contributed by atoms with E-state index in [1.54, 1.807) is 16.9 Å². The smallest absolute Gasteiger partial charge is 0.238 e. The molecule has 1 aliphatic heterocycles. The van der Waals surface area contributed by atoms with Gasteiger partial charge in [-0.1, -0.05) is 12.1 Å². The average Bonchev–Trinajstić information content (AvgIpc) is 3.50. The summed E-state index contributed by atoms with van der Waals surface area (Å²) >= 11 is 0. The first-order valence-electron chi connectivity index (χ1n) is 8.99. The Bertz CT molecular complexity index is 662. The van der Waals surface area contributed by atoms with E-state index in [2.05, 4.69) is 5.32 Å². The van der Waals surface area contributed by atoms with Crippen LogP contribution in [0.5, 0.6) is 5.75 Å². The van der Waals surface area contributed by atoms with Crippen LogP contribution in [0.25, 0.3) is 0 Å². The molecule has 3 amide bonds. The molecular weight excluding hydrogens is 334 g/mol. The summed E-state index contributed by atoms with van der Waals surface area (Å²) in [7, 11) is 1.63. The second-order valence-corrected chi connectivity index (χ2v) is 6.87. The Balaban J connectivity index is 1.49. The molecule has 140 valence electrons. The van der Waals surface area contributed by atoms with Gasteiger partial charge >= 0.3 is 0 Å². The third-order valence-corrected chi connectivity index (χ3v) is 5.20. The van der Waals surface area contributed by atoms with E-state index in [1.807, 2.05) is 24.3 Å². The van der Waals surface area contributed by atoms with Crippen molar-refractivity contribution in [2.24, 2.45) is 5.41 Å². The molecule has 0 radical (unpaired) electrons. The third kappa shape index (κ3) is 3.81. The Labute approximate surface area is 153 Å². The van der Waals surface area contributed by atoms with Crippen LogP contribution in [0, 0.1) is 5.41 Å². The van der Waals surface area contributed by atoms with Crippen molar-refractivity contribution in [1.29, 1.82) is 0 Å². The maximum absolute atomic E-state index is 12.8. The number of methoxy groups -OCH3 is 1. The molecule has 0 bridgehead atoms. The summed E-state index contributed by atoms with van der Waals surface area (Å²) < 4.78 is 5.13. The first kappa shape index (κ1) is 18.2. The van der Waals surface area contributed by atoms with E-state index in [0.29, 0.717) is 52.0 Å². The molecule has 1 saturated carbocycles. The van der Waals surface area contributed by atoms with Crippen LogP contribution in [0.4, 0.5) is 0 Å². The summed E-state index contributed by atoms with van der Waals surface area (Å²) in [5, 5.41) is 2.92. The number of carbonyl (C=O) groups is 3. The highest BCUT2D eigenvalue weighted by Crippen LogP contribution is 2.47. The maximum Gasteiger partial charge on any atom is 0.238 e. The van der Waals surface area contributed by atoms with Crippen LogP contribution in [0.3, 0.4) is 0 Å². The van der Waals surface area contributed by atoms with Gasteiger partial charge in [0.25, 0.3) is 0 Å². The number of benzene rings is 1. The maximum atomic E-state index is 12.8. The van der Waals surface area contributed by atoms with E-state index >= 15 is 0 Å². The minimum Gasteiger partial charge on any atom is -0.497 e. The number of amides is 3. The highest BCUT2D eigenvalue weighted by atomic mass is 16.5. The predicted octanol–water partition coefficient (Wildman–Crippen LogP) is 0.435. The summed E-state index contributed by atoms with van der Waals surface area (Å²) in [5.74, 6) is 0.536. The molecular formula is C19H25N3O4. The lowest BCUT2D eigenvalue weighted by atomic mass is 10.0. The first-order valence-corrected chi connectivity index (χ1v) is 8.99. The molecule has 1 heterocycles. The van der Waals surface area contributed by atoms with Gasteiger partial charge in [0.05, 0.1) is 7.11 Å². The largest absolute Gasteiger partial charge is 0.497 e. The summed E-state index contributed by atoms with van der Waals surface area (Å²) in [4.78, 5) is 39.5. The molecule has 26 heavy (non-hydrogen) atoms. The normalized spacial score (nSPS) is 18.2. The van der Waals surface area contributed by atoms with Crippen molar-refractivity contribution >= 4 is 18.2 Å². The standard InChI is InChI=1S/C19H25N3O4/c1-26-16-4-2-15(3-5-16)6-9-20-17(24)19(7-8-19)18(25)22-12-10-21(14-23)11-13-22/h2-5,14H,6-13H2,1H3,(H,20,24). The van der Waals surface area contributed by atoms with Gasteiger partial charge in [-0.3, -0.25) is 14.4 Å². The lowest BCUT2D eigenvalue weighted by Gasteiger charge is -2.34. The van der Waals surface area contributed by atoms with Crippen molar-refractivity contribution in [2.45, 2.75) is 19.3 Å². The molecule has 7 nitrogen and oxygen atoms in total. The van der Waals surface area contributed by atoms with Crippen molar-refractivity contribution in [1.82, 2.24) is 15.1 Å². The van der Waals surface area contributed by atoms with Crippen LogP contribution in [0.15, 0.2) is 24.3 Å². The van der Waals surface area contributed by atoms with E-state index in [0.717, 1.165) is 17.7 Å². The van der Waals surface area contributed by atoms with Gasteiger partial charge in [0.1, 0.15) is 11.2 Å². The minimum absolute atomic E-state index is 0.0926. The van der Waals surface area contributed by atoms with E-state index in [9.17, 15) is 14.4 Å². The molecule has 0 atom stereocenters. The van der Waals surface area contributed by atoms with Gasteiger partial charge in [-0.25, -0.2) is 0 Å². The molecule has 1 saturated heterocycles. The first-order chi connectivity index (χ1) is 12.6. The lowest BCUT2D eigenvalue weighted by molar-refractivity contribution is -0.146. The van der Waals surface area contributed by atoms with Crippen LogP contribution >= 0.6 is 0 Å². The fourth-order valence-corrected chi connectivity index (χ4v) is 3.28. The highest BCUT2D eigenvalue weighted by molar-refractivity contribution is 6.07. The molecule has 7 heteroatoms. The van der Waals surface area contributed by atoms with Gasteiger partial charge in [0, 0.05) is 32.7 Å². The summed E-state index contributed by atoms with van der Waals surface area (Å²) in [6, 6.07) is 7.72. The van der Waals surface area contributed by atoms with Gasteiger partial charge < -0.3 is 19.9 Å². The second-order valence-electron chi connectivity index (χ2n) is 6.87. The zero-order valence-electron chi connectivity index (χ0n) is 15.1. The average molecular weight is 359 g/mol. The van der Waals surface area contributed by atoms with Gasteiger partial charge in [-0.15, -0.1) is 0 Å². The number of nitrogens with zero attached hydrogens (tertiary/aromatic N) is 2. The number of nitrogens with one attached hydrogen (secondary N) is 1. The lowest BCUT2D eigenvalue weighted by Crippen LogP contribution is -2.53. The van der Waals surface area contributed by atoms with Crippen molar-refractivity contribution in [3.8, 4) is 5.75 Å². The molecule has 1 aliphatic carbocycles. The molecule has 1 aromatic carbocycles. The number of hydrogen-bond acceptors (Lipinski definition) is 4. The topological polar surface area (TPSA) is 79.0 Å².